The molecule has 0 aliphatic heterocycles. The molecule has 11 heteroatoms. The van der Waals surface area contributed by atoms with Crippen LogP contribution in [-0.2, 0) is 0 Å². The monoisotopic (exact) mass is 464 g/mol. The predicted molar refractivity (Wildman–Crippen MR) is 103 cm³/mol. The van der Waals surface area contributed by atoms with E-state index in [0.29, 0.717) is 0 Å². The highest BCUT2D eigenvalue weighted by atomic mass is 35.6. The van der Waals surface area contributed by atoms with Crippen LogP contribution in [0.25, 0.3) is 0 Å². The molecule has 5 nitrogen and oxygen atoms in total. The molecule has 0 heterocycles. The van der Waals surface area contributed by atoms with Gasteiger partial charge in [-0.1, -0.05) is 69.6 Å². The number of hydrogen-bond acceptors (Lipinski definition) is 1. The first-order valence-corrected chi connectivity index (χ1v) is 9.50. The van der Waals surface area contributed by atoms with Crippen LogP contribution in [0, 0.1) is 0 Å². The summed E-state index contributed by atoms with van der Waals surface area (Å²) in [6.07, 6.45) is -1.65. The zero-order valence-electron chi connectivity index (χ0n) is 14.5. The number of hydrogen-bond donors (Lipinski definition) is 4. The van der Waals surface area contributed by atoms with Gasteiger partial charge in [-0.2, -0.15) is 0 Å². The Balaban J connectivity index is 5.09. The van der Waals surface area contributed by atoms with Crippen LogP contribution in [0.1, 0.15) is 41.5 Å². The highest BCUT2D eigenvalue weighted by Gasteiger charge is 2.43. The number of amides is 2. The number of alkyl halides is 6. The van der Waals surface area contributed by atoms with E-state index in [-0.39, 0.29) is 11.1 Å². The minimum Gasteiger partial charge on any atom is -0.319 e. The van der Waals surface area contributed by atoms with E-state index >= 15 is 0 Å². The van der Waals surface area contributed by atoms with Gasteiger partial charge in [0.25, 0.3) is 7.59 Å². The smallest absolute Gasteiger partial charge is 0.319 e. The van der Waals surface area contributed by atoms with Crippen molar-refractivity contribution < 1.29 is 15.4 Å². The van der Waals surface area contributed by atoms with Crippen LogP contribution >= 0.6 is 69.6 Å². The molecule has 0 aliphatic carbocycles. The number of carbonyl (C=O) groups excluding carboxylic acids is 1. The molecular formula is C13H26Cl6N4O+2. The molecule has 0 aliphatic rings. The number of nitrogens with one attached hydrogen (secondary N) is 2. The van der Waals surface area contributed by atoms with E-state index in [4.69, 9.17) is 69.6 Å². The summed E-state index contributed by atoms with van der Waals surface area (Å²) in [5, 5.41) is 8.68. The summed E-state index contributed by atoms with van der Waals surface area (Å²) in [5.74, 6) is 0. The van der Waals surface area contributed by atoms with E-state index in [9.17, 15) is 4.79 Å². The Morgan fingerprint density at radius 1 is 0.708 bits per heavy atom. The van der Waals surface area contributed by atoms with E-state index in [1.807, 2.05) is 41.5 Å². The Morgan fingerprint density at radius 3 is 1.12 bits per heavy atom. The number of halogens is 6. The number of rotatable bonds is 4. The Bertz CT molecular complexity index is 384. The van der Waals surface area contributed by atoms with Crippen molar-refractivity contribution in [3.63, 3.8) is 0 Å². The molecule has 0 unspecified atom stereocenters. The van der Waals surface area contributed by atoms with Crippen molar-refractivity contribution in [2.45, 2.75) is 72.5 Å². The number of urea groups is 1. The summed E-state index contributed by atoms with van der Waals surface area (Å²) in [5.41, 5.74) is -0.567. The number of quaternary nitrogens is 2. The van der Waals surface area contributed by atoms with E-state index in [1.54, 1.807) is 10.6 Å². The third kappa shape index (κ3) is 11.5. The summed E-state index contributed by atoms with van der Waals surface area (Å²) in [6.45, 7) is 11.5. The van der Waals surface area contributed by atoms with Gasteiger partial charge in [-0.15, -0.1) is 0 Å². The lowest BCUT2D eigenvalue weighted by molar-refractivity contribution is -0.751. The SMILES string of the molecule is CC(C)(C)[NH2+][C@H](NC(=O)N[C@@H]([NH2+]C(C)(C)C)C(Cl)(Cl)Cl)C(Cl)(Cl)Cl. The van der Waals surface area contributed by atoms with Crippen molar-refractivity contribution >= 4 is 75.6 Å². The van der Waals surface area contributed by atoms with Gasteiger partial charge in [0.2, 0.25) is 12.3 Å². The fraction of sp³-hybridized carbons (Fsp3) is 0.923. The molecule has 0 fully saturated rings. The molecule has 0 saturated heterocycles. The number of carbonyl (C=O) groups is 1. The molecule has 144 valence electrons. The lowest BCUT2D eigenvalue weighted by Crippen LogP contribution is -3.05. The average molecular weight is 467 g/mol. The van der Waals surface area contributed by atoms with E-state index < -0.39 is 25.9 Å². The largest absolute Gasteiger partial charge is 0.324 e. The lowest BCUT2D eigenvalue weighted by Gasteiger charge is -2.32. The van der Waals surface area contributed by atoms with Crippen LogP contribution in [-0.4, -0.2) is 37.0 Å². The molecule has 2 atom stereocenters. The van der Waals surface area contributed by atoms with Gasteiger partial charge in [0.15, 0.2) is 0 Å². The zero-order valence-corrected chi connectivity index (χ0v) is 19.0. The van der Waals surface area contributed by atoms with Gasteiger partial charge < -0.3 is 10.6 Å². The Hall–Kier alpha value is 0.930. The normalized spacial score (nSPS) is 16.5. The van der Waals surface area contributed by atoms with Gasteiger partial charge in [0.05, 0.1) is 11.1 Å². The molecule has 0 saturated carbocycles. The highest BCUT2D eigenvalue weighted by molar-refractivity contribution is 6.68. The summed E-state index contributed by atoms with van der Waals surface area (Å²) < 4.78 is -3.43. The maximum atomic E-state index is 12.3. The molecule has 0 rings (SSSR count). The van der Waals surface area contributed by atoms with Gasteiger partial charge in [0, 0.05) is 0 Å². The minimum absolute atomic E-state index is 0.284. The van der Waals surface area contributed by atoms with Crippen LogP contribution < -0.4 is 21.3 Å². The fourth-order valence-corrected chi connectivity index (χ4v) is 2.47. The van der Waals surface area contributed by atoms with Crippen molar-refractivity contribution in [3.05, 3.63) is 0 Å². The Labute approximate surface area is 173 Å². The fourth-order valence-electron chi connectivity index (χ4n) is 1.76. The van der Waals surface area contributed by atoms with Crippen LogP contribution in [0.15, 0.2) is 0 Å². The van der Waals surface area contributed by atoms with Gasteiger partial charge in [-0.25, -0.2) is 4.79 Å². The van der Waals surface area contributed by atoms with Crippen LogP contribution in [0.3, 0.4) is 0 Å². The maximum Gasteiger partial charge on any atom is 0.324 e. The van der Waals surface area contributed by atoms with Crippen molar-refractivity contribution in [1.82, 2.24) is 10.6 Å². The molecule has 6 N–H and O–H groups in total. The molecule has 0 spiro atoms. The third-order valence-corrected chi connectivity index (χ3v) is 4.02. The standard InChI is InChI=1S/C13H24Cl6N4O/c1-10(2,3)22-7(12(14,15)16)20-9(24)21-8(13(17,18)19)23-11(4,5)6/h7-8,22-23H,1-6H3,(H2,20,21,24)/p+2/t7-,8-/m0/s1. The van der Waals surface area contributed by atoms with Gasteiger partial charge in [-0.05, 0) is 41.5 Å². The second kappa shape index (κ2) is 8.75. The second-order valence-electron chi connectivity index (χ2n) is 7.72. The molecule has 0 aromatic heterocycles. The predicted octanol–water partition coefficient (Wildman–Crippen LogP) is 2.40. The van der Waals surface area contributed by atoms with Crippen molar-refractivity contribution in [1.29, 1.82) is 0 Å². The van der Waals surface area contributed by atoms with Crippen molar-refractivity contribution in [3.8, 4) is 0 Å². The molecule has 2 amide bonds. The molecular weight excluding hydrogens is 441 g/mol. The van der Waals surface area contributed by atoms with Crippen LogP contribution in [0.2, 0.25) is 0 Å². The van der Waals surface area contributed by atoms with Crippen molar-refractivity contribution in [2.75, 3.05) is 0 Å². The Morgan fingerprint density at radius 2 is 0.958 bits per heavy atom. The first-order chi connectivity index (χ1) is 10.3. The average Bonchev–Trinajstić information content (AvgIpc) is 2.20. The quantitative estimate of drug-likeness (QED) is 0.373. The zero-order chi connectivity index (χ0) is 19.6. The lowest BCUT2D eigenvalue weighted by atomic mass is 10.1. The van der Waals surface area contributed by atoms with Crippen molar-refractivity contribution in [2.24, 2.45) is 0 Å². The third-order valence-electron chi connectivity index (χ3n) is 2.61. The van der Waals surface area contributed by atoms with Crippen LogP contribution in [0.5, 0.6) is 0 Å². The van der Waals surface area contributed by atoms with Gasteiger partial charge in [0.1, 0.15) is 0 Å². The minimum atomic E-state index is -1.71. The van der Waals surface area contributed by atoms with E-state index in [2.05, 4.69) is 10.6 Å². The first-order valence-electron chi connectivity index (χ1n) is 7.24. The second-order valence-corrected chi connectivity index (χ2v) is 12.5. The summed E-state index contributed by atoms with van der Waals surface area (Å²) >= 11 is 35.7. The maximum absolute atomic E-state index is 12.3. The summed E-state index contributed by atoms with van der Waals surface area (Å²) in [7, 11) is 0. The van der Waals surface area contributed by atoms with E-state index in [0.717, 1.165) is 0 Å². The topological polar surface area (TPSA) is 74.3 Å². The molecule has 24 heavy (non-hydrogen) atoms. The molecule has 0 radical (unpaired) electrons. The molecule has 0 bridgehead atoms. The van der Waals surface area contributed by atoms with Crippen LogP contribution in [0.4, 0.5) is 4.79 Å². The summed E-state index contributed by atoms with van der Waals surface area (Å²) in [4.78, 5) is 12.3. The van der Waals surface area contributed by atoms with Gasteiger partial charge >= 0.3 is 6.03 Å². The number of nitrogens with two attached hydrogens (primary N) is 2. The molecule has 0 aromatic rings. The Kier molecular flexibility index (Phi) is 9.08. The van der Waals surface area contributed by atoms with E-state index in [1.165, 1.54) is 0 Å². The first kappa shape index (κ1) is 24.9. The van der Waals surface area contributed by atoms with Gasteiger partial charge in [-0.3, -0.25) is 10.6 Å². The molecule has 0 aromatic carbocycles. The highest BCUT2D eigenvalue weighted by Crippen LogP contribution is 2.29. The summed E-state index contributed by atoms with van der Waals surface area (Å²) in [6, 6.07) is -0.608.